The van der Waals surface area contributed by atoms with Crippen LogP contribution in [0, 0.1) is 6.92 Å². The Hall–Kier alpha value is -2.81. The first-order chi connectivity index (χ1) is 17.4. The Morgan fingerprint density at radius 1 is 1.00 bits per heavy atom. The van der Waals surface area contributed by atoms with E-state index in [2.05, 4.69) is 14.8 Å². The quantitative estimate of drug-likeness (QED) is 0.353. The highest BCUT2D eigenvalue weighted by Crippen LogP contribution is 2.28. The van der Waals surface area contributed by atoms with Crippen LogP contribution in [0.2, 0.25) is 10.0 Å². The Morgan fingerprint density at radius 2 is 1.78 bits per heavy atom. The normalized spacial score (nSPS) is 14.8. The summed E-state index contributed by atoms with van der Waals surface area (Å²) in [5.74, 6) is 1.35. The molecule has 0 saturated carbocycles. The van der Waals surface area contributed by atoms with Gasteiger partial charge in [-0.25, -0.2) is 4.98 Å². The average Bonchev–Trinajstić information content (AvgIpc) is 3.24. The maximum atomic E-state index is 13.6. The zero-order valence-electron chi connectivity index (χ0n) is 20.8. The molecule has 1 aliphatic rings. The van der Waals surface area contributed by atoms with Gasteiger partial charge < -0.3 is 14.2 Å². The Labute approximate surface area is 220 Å². The number of piperazine rings is 1. The van der Waals surface area contributed by atoms with E-state index in [1.165, 1.54) is 0 Å². The summed E-state index contributed by atoms with van der Waals surface area (Å²) in [4.78, 5) is 27.7. The van der Waals surface area contributed by atoms with Crippen molar-refractivity contribution in [3.8, 4) is 5.88 Å². The average molecular weight is 529 g/mol. The minimum Gasteiger partial charge on any atom is -0.481 e. The zero-order chi connectivity index (χ0) is 25.4. The summed E-state index contributed by atoms with van der Waals surface area (Å²) in [6.45, 7) is 9.20. The lowest BCUT2D eigenvalue weighted by Crippen LogP contribution is -2.46. The largest absolute Gasteiger partial charge is 0.481 e. The van der Waals surface area contributed by atoms with Crippen LogP contribution in [-0.4, -0.2) is 63.7 Å². The van der Waals surface area contributed by atoms with E-state index in [0.29, 0.717) is 40.1 Å². The molecule has 0 atom stereocenters. The highest BCUT2D eigenvalue weighted by atomic mass is 35.5. The SMILES string of the molecule is CCc1nc(C)c2c(=O)n(CCCN3CCN(c4ccc(Cl)c(Cl)c4)CC3)c3ccc(OC)nc3n12. The van der Waals surface area contributed by atoms with E-state index in [9.17, 15) is 4.79 Å². The third kappa shape index (κ3) is 4.53. The van der Waals surface area contributed by atoms with Crippen molar-refractivity contribution >= 4 is 45.6 Å². The van der Waals surface area contributed by atoms with Crippen molar-refractivity contribution in [1.29, 1.82) is 0 Å². The molecular formula is C26H30Cl2N6O2. The number of ether oxygens (including phenoxy) is 1. The second-order valence-electron chi connectivity index (χ2n) is 9.08. The fourth-order valence-electron chi connectivity index (χ4n) is 5.04. The van der Waals surface area contributed by atoms with Gasteiger partial charge in [0.25, 0.3) is 5.56 Å². The standard InChI is InChI=1S/C26H30Cl2N6O2/c1-4-22-29-17(2)24-26(35)33(21-8-9-23(36-3)30-25(21)34(22)24)11-5-10-31-12-14-32(15-13-31)18-6-7-19(27)20(28)16-18/h6-9,16H,4-5,10-15H2,1-3H3. The van der Waals surface area contributed by atoms with Gasteiger partial charge in [-0.15, -0.1) is 0 Å². The van der Waals surface area contributed by atoms with E-state index in [0.717, 1.165) is 61.9 Å². The van der Waals surface area contributed by atoms with Crippen molar-refractivity contribution in [2.75, 3.05) is 44.7 Å². The van der Waals surface area contributed by atoms with Gasteiger partial charge in [0.2, 0.25) is 5.88 Å². The van der Waals surface area contributed by atoms with Gasteiger partial charge in [0.05, 0.1) is 28.4 Å². The van der Waals surface area contributed by atoms with Gasteiger partial charge >= 0.3 is 0 Å². The number of hydrogen-bond acceptors (Lipinski definition) is 6. The Bertz CT molecular complexity index is 1470. The fraction of sp³-hybridized carbons (Fsp3) is 0.423. The smallest absolute Gasteiger partial charge is 0.277 e. The summed E-state index contributed by atoms with van der Waals surface area (Å²) in [6, 6.07) is 9.52. The number of halogens is 2. The molecule has 1 fully saturated rings. The van der Waals surface area contributed by atoms with Gasteiger partial charge in [-0.2, -0.15) is 4.98 Å². The van der Waals surface area contributed by atoms with Gasteiger partial charge in [-0.05, 0) is 44.2 Å². The minimum absolute atomic E-state index is 0.0244. The van der Waals surface area contributed by atoms with Crippen molar-refractivity contribution < 1.29 is 4.74 Å². The number of methoxy groups -OCH3 is 1. The first-order valence-corrected chi connectivity index (χ1v) is 13.0. The lowest BCUT2D eigenvalue weighted by Gasteiger charge is -2.36. The number of rotatable bonds is 7. The Morgan fingerprint density at radius 3 is 2.47 bits per heavy atom. The molecule has 0 radical (unpaired) electrons. The van der Waals surface area contributed by atoms with Gasteiger partial charge in [0.1, 0.15) is 11.3 Å². The van der Waals surface area contributed by atoms with Crippen molar-refractivity contribution in [1.82, 2.24) is 23.8 Å². The molecule has 10 heteroatoms. The number of anilines is 1. The highest BCUT2D eigenvalue weighted by molar-refractivity contribution is 6.42. The molecule has 1 saturated heterocycles. The Balaban J connectivity index is 1.33. The predicted molar refractivity (Wildman–Crippen MR) is 145 cm³/mol. The maximum Gasteiger partial charge on any atom is 0.277 e. The van der Waals surface area contributed by atoms with Crippen molar-refractivity contribution in [3.05, 3.63) is 62.2 Å². The number of imidazole rings is 1. The van der Waals surface area contributed by atoms with Crippen LogP contribution >= 0.6 is 23.2 Å². The van der Waals surface area contributed by atoms with Crippen molar-refractivity contribution in [2.24, 2.45) is 0 Å². The van der Waals surface area contributed by atoms with Crippen LogP contribution in [0.15, 0.2) is 35.1 Å². The van der Waals surface area contributed by atoms with Crippen LogP contribution in [0.5, 0.6) is 5.88 Å². The maximum absolute atomic E-state index is 13.6. The third-order valence-electron chi connectivity index (χ3n) is 6.92. The first kappa shape index (κ1) is 24.9. The second kappa shape index (κ2) is 10.3. The Kier molecular flexibility index (Phi) is 7.10. The van der Waals surface area contributed by atoms with Crippen molar-refractivity contribution in [3.63, 3.8) is 0 Å². The molecule has 0 aliphatic carbocycles. The zero-order valence-corrected chi connectivity index (χ0v) is 22.3. The molecule has 0 amide bonds. The minimum atomic E-state index is -0.0244. The molecule has 0 spiro atoms. The molecule has 1 aromatic carbocycles. The number of aromatic nitrogens is 4. The molecule has 0 unspecified atom stereocenters. The monoisotopic (exact) mass is 528 g/mol. The molecular weight excluding hydrogens is 499 g/mol. The molecule has 1 aliphatic heterocycles. The van der Waals surface area contributed by atoms with Gasteiger partial charge in [-0.3, -0.25) is 14.1 Å². The summed E-state index contributed by atoms with van der Waals surface area (Å²) in [5, 5.41) is 1.16. The van der Waals surface area contributed by atoms with Gasteiger partial charge in [0, 0.05) is 50.9 Å². The molecule has 36 heavy (non-hydrogen) atoms. The van der Waals surface area contributed by atoms with Gasteiger partial charge in [0.15, 0.2) is 5.65 Å². The van der Waals surface area contributed by atoms with Crippen LogP contribution < -0.4 is 15.2 Å². The van der Waals surface area contributed by atoms with Crippen molar-refractivity contribution in [2.45, 2.75) is 33.2 Å². The number of benzene rings is 1. The molecule has 0 bridgehead atoms. The van der Waals surface area contributed by atoms with E-state index in [4.69, 9.17) is 32.9 Å². The van der Waals surface area contributed by atoms with E-state index < -0.39 is 0 Å². The first-order valence-electron chi connectivity index (χ1n) is 12.3. The molecule has 3 aromatic heterocycles. The molecule has 4 aromatic rings. The lowest BCUT2D eigenvalue weighted by atomic mass is 10.2. The van der Waals surface area contributed by atoms with E-state index >= 15 is 0 Å². The van der Waals surface area contributed by atoms with E-state index in [-0.39, 0.29) is 5.56 Å². The summed E-state index contributed by atoms with van der Waals surface area (Å²) in [7, 11) is 1.60. The van der Waals surface area contributed by atoms with Crippen LogP contribution in [-0.2, 0) is 13.0 Å². The topological polar surface area (TPSA) is 67.9 Å². The van der Waals surface area contributed by atoms with E-state index in [1.54, 1.807) is 7.11 Å². The lowest BCUT2D eigenvalue weighted by molar-refractivity contribution is 0.250. The molecule has 0 N–H and O–H groups in total. The third-order valence-corrected chi connectivity index (χ3v) is 7.66. The number of hydrogen-bond donors (Lipinski definition) is 0. The number of nitrogens with zero attached hydrogens (tertiary/aromatic N) is 6. The molecule has 8 nitrogen and oxygen atoms in total. The van der Waals surface area contributed by atoms with Crippen LogP contribution in [0.25, 0.3) is 16.7 Å². The van der Waals surface area contributed by atoms with Crippen LogP contribution in [0.1, 0.15) is 24.9 Å². The van der Waals surface area contributed by atoms with Crippen LogP contribution in [0.3, 0.4) is 0 Å². The number of aryl methyl sites for hydroxylation is 3. The summed E-state index contributed by atoms with van der Waals surface area (Å²) in [5.41, 5.74) is 3.90. The fourth-order valence-corrected chi connectivity index (χ4v) is 5.33. The van der Waals surface area contributed by atoms with Gasteiger partial charge in [-0.1, -0.05) is 30.1 Å². The molecule has 190 valence electrons. The molecule has 5 rings (SSSR count). The summed E-state index contributed by atoms with van der Waals surface area (Å²) < 4.78 is 9.12. The predicted octanol–water partition coefficient (Wildman–Crippen LogP) is 4.44. The highest BCUT2D eigenvalue weighted by Gasteiger charge is 2.20. The number of pyridine rings is 1. The summed E-state index contributed by atoms with van der Waals surface area (Å²) >= 11 is 12.3. The van der Waals surface area contributed by atoms with Crippen LogP contribution in [0.4, 0.5) is 5.69 Å². The summed E-state index contributed by atoms with van der Waals surface area (Å²) in [6.07, 6.45) is 1.57. The second-order valence-corrected chi connectivity index (χ2v) is 9.90. The van der Waals surface area contributed by atoms with E-state index in [1.807, 2.05) is 53.1 Å². The number of fused-ring (bicyclic) bond motifs is 3. The molecule has 4 heterocycles.